The minimum atomic E-state index is -2.81. The highest BCUT2D eigenvalue weighted by atomic mass is 19.3. The van der Waals surface area contributed by atoms with Crippen LogP contribution in [0.2, 0.25) is 0 Å². The Kier molecular flexibility index (Phi) is 8.86. The Morgan fingerprint density at radius 3 is 2.54 bits per heavy atom. The van der Waals surface area contributed by atoms with Gasteiger partial charge in [-0.15, -0.1) is 0 Å². The van der Waals surface area contributed by atoms with Gasteiger partial charge < -0.3 is 20.3 Å². The number of benzene rings is 2. The van der Waals surface area contributed by atoms with Crippen LogP contribution in [0.4, 0.5) is 14.7 Å². The Morgan fingerprint density at radius 1 is 1.05 bits per heavy atom. The van der Waals surface area contributed by atoms with Crippen molar-refractivity contribution in [1.29, 1.82) is 0 Å². The van der Waals surface area contributed by atoms with Crippen molar-refractivity contribution >= 4 is 17.0 Å². The lowest BCUT2D eigenvalue weighted by Crippen LogP contribution is -2.36. The van der Waals surface area contributed by atoms with Crippen LogP contribution in [-0.4, -0.2) is 75.3 Å². The molecule has 9 nitrogen and oxygen atoms in total. The molecular weight excluding hydrogens is 526 g/mol. The Morgan fingerprint density at radius 2 is 1.80 bits per heavy atom. The number of imidazole rings is 1. The Bertz CT molecular complexity index is 1470. The number of hydrogen-bond donors (Lipinski definition) is 2. The second kappa shape index (κ2) is 12.5. The molecule has 0 saturated carbocycles. The number of aromatic nitrogens is 5. The molecule has 1 unspecified atom stereocenters. The second-order valence-corrected chi connectivity index (χ2v) is 11.3. The highest BCUT2D eigenvalue weighted by Crippen LogP contribution is 2.29. The van der Waals surface area contributed by atoms with E-state index in [1.165, 1.54) is 15.7 Å². The molecule has 2 aromatic heterocycles. The maximum atomic E-state index is 14.2. The van der Waals surface area contributed by atoms with Crippen molar-refractivity contribution in [2.24, 2.45) is 0 Å². The summed E-state index contributed by atoms with van der Waals surface area (Å²) in [6.45, 7) is 6.93. The lowest BCUT2D eigenvalue weighted by molar-refractivity contribution is 0.0220. The maximum Gasteiger partial charge on any atom is 0.296 e. The van der Waals surface area contributed by atoms with Crippen LogP contribution in [0.25, 0.3) is 17.0 Å². The van der Waals surface area contributed by atoms with Crippen molar-refractivity contribution in [2.45, 2.75) is 51.2 Å². The van der Waals surface area contributed by atoms with Crippen molar-refractivity contribution in [1.82, 2.24) is 34.7 Å². The third-order valence-electron chi connectivity index (χ3n) is 7.09. The number of hydrogen-bond acceptors (Lipinski definition) is 8. The first-order chi connectivity index (χ1) is 19.7. The quantitative estimate of drug-likeness (QED) is 0.270. The maximum absolute atomic E-state index is 14.2. The molecule has 0 amide bonds. The molecule has 0 bridgehead atoms. The van der Waals surface area contributed by atoms with Gasteiger partial charge in [-0.05, 0) is 77.0 Å². The molecule has 0 spiro atoms. The normalized spacial score (nSPS) is 16.1. The fourth-order valence-corrected chi connectivity index (χ4v) is 5.20. The van der Waals surface area contributed by atoms with Crippen LogP contribution in [-0.2, 0) is 17.6 Å². The molecule has 11 heteroatoms. The van der Waals surface area contributed by atoms with Crippen molar-refractivity contribution < 1.29 is 13.5 Å². The van der Waals surface area contributed by atoms with E-state index >= 15 is 0 Å². The summed E-state index contributed by atoms with van der Waals surface area (Å²) in [5.74, 6) is 0.341. The predicted octanol–water partition coefficient (Wildman–Crippen LogP) is 4.74. The minimum Gasteiger partial charge on any atom is -0.368 e. The number of alkyl halides is 2. The van der Waals surface area contributed by atoms with Gasteiger partial charge >= 0.3 is 0 Å². The number of halogens is 2. The van der Waals surface area contributed by atoms with E-state index in [0.29, 0.717) is 36.0 Å². The first kappa shape index (κ1) is 29.0. The average Bonchev–Trinajstić information content (AvgIpc) is 3.34. The lowest BCUT2D eigenvalue weighted by Gasteiger charge is -2.29. The van der Waals surface area contributed by atoms with E-state index in [4.69, 9.17) is 9.72 Å². The molecular formula is C30H38F2N8O. The van der Waals surface area contributed by atoms with Crippen LogP contribution in [0.5, 0.6) is 0 Å². The fourth-order valence-electron chi connectivity index (χ4n) is 5.20. The van der Waals surface area contributed by atoms with Crippen molar-refractivity contribution in [3.05, 3.63) is 71.3 Å². The van der Waals surface area contributed by atoms with Crippen molar-refractivity contribution in [2.75, 3.05) is 45.7 Å². The molecule has 1 aliphatic rings. The zero-order chi connectivity index (χ0) is 29.0. The first-order valence-electron chi connectivity index (χ1n) is 14.0. The minimum absolute atomic E-state index is 0.0792. The lowest BCUT2D eigenvalue weighted by atomic mass is 9.90. The number of rotatable bonds is 11. The number of aryl methyl sites for hydroxylation is 1. The van der Waals surface area contributed by atoms with Crippen LogP contribution >= 0.6 is 0 Å². The first-order valence-corrected chi connectivity index (χ1v) is 14.0. The highest BCUT2D eigenvalue weighted by molar-refractivity contribution is 5.77. The molecule has 1 saturated heterocycles. The smallest absolute Gasteiger partial charge is 0.296 e. The van der Waals surface area contributed by atoms with Gasteiger partial charge in [-0.25, -0.2) is 13.8 Å². The number of ether oxygens (including phenoxy) is 1. The molecule has 4 aromatic rings. The van der Waals surface area contributed by atoms with Crippen LogP contribution in [0, 0.1) is 0 Å². The SMILES string of the molecule is CN(C)CCCc1ccccc1CC(C)(C)Nc1nc(C2CNCCO2)nc(-n2c(C(F)F)nc3ccccc32)n1. The van der Waals surface area contributed by atoms with Gasteiger partial charge in [0.15, 0.2) is 11.6 Å². The third kappa shape index (κ3) is 7.03. The molecule has 3 heterocycles. The van der Waals surface area contributed by atoms with Crippen LogP contribution < -0.4 is 10.6 Å². The zero-order valence-corrected chi connectivity index (χ0v) is 24.1. The summed E-state index contributed by atoms with van der Waals surface area (Å²) < 4.78 is 35.6. The van der Waals surface area contributed by atoms with Crippen molar-refractivity contribution in [3.8, 4) is 5.95 Å². The van der Waals surface area contributed by atoms with Gasteiger partial charge in [-0.2, -0.15) is 15.0 Å². The molecule has 5 rings (SSSR count). The average molecular weight is 565 g/mol. The summed E-state index contributed by atoms with van der Waals surface area (Å²) in [6, 6.07) is 15.5. The van der Waals surface area contributed by atoms with Gasteiger partial charge in [0.25, 0.3) is 6.43 Å². The Hall–Kier alpha value is -3.54. The number of para-hydroxylation sites is 2. The summed E-state index contributed by atoms with van der Waals surface area (Å²) in [6.07, 6.45) is -0.470. The van der Waals surface area contributed by atoms with E-state index in [1.807, 2.05) is 0 Å². The van der Waals surface area contributed by atoms with E-state index in [2.05, 4.69) is 82.7 Å². The molecule has 218 valence electrons. The topological polar surface area (TPSA) is 93.0 Å². The van der Waals surface area contributed by atoms with Gasteiger partial charge in [-0.1, -0.05) is 36.4 Å². The van der Waals surface area contributed by atoms with Crippen molar-refractivity contribution in [3.63, 3.8) is 0 Å². The van der Waals surface area contributed by atoms with E-state index in [1.54, 1.807) is 24.3 Å². The second-order valence-electron chi connectivity index (χ2n) is 11.3. The Labute approximate surface area is 239 Å². The van der Waals surface area contributed by atoms with E-state index in [0.717, 1.165) is 32.4 Å². The van der Waals surface area contributed by atoms with Gasteiger partial charge in [0.1, 0.15) is 6.10 Å². The van der Waals surface area contributed by atoms with Gasteiger partial charge in [0, 0.05) is 18.6 Å². The summed E-state index contributed by atoms with van der Waals surface area (Å²) in [7, 11) is 4.17. The number of morpholine rings is 1. The van der Waals surface area contributed by atoms with E-state index in [-0.39, 0.29) is 5.95 Å². The largest absolute Gasteiger partial charge is 0.368 e. The summed E-state index contributed by atoms with van der Waals surface area (Å²) >= 11 is 0. The zero-order valence-electron chi connectivity index (χ0n) is 24.1. The summed E-state index contributed by atoms with van der Waals surface area (Å²) in [5, 5.41) is 6.77. The van der Waals surface area contributed by atoms with Gasteiger partial charge in [0.2, 0.25) is 11.9 Å². The van der Waals surface area contributed by atoms with Gasteiger partial charge in [0.05, 0.1) is 17.6 Å². The number of nitrogens with one attached hydrogen (secondary N) is 2. The number of nitrogens with zero attached hydrogens (tertiary/aromatic N) is 6. The highest BCUT2D eigenvalue weighted by Gasteiger charge is 2.28. The molecule has 0 aliphatic carbocycles. The number of fused-ring (bicyclic) bond motifs is 1. The fraction of sp³-hybridized carbons (Fsp3) is 0.467. The molecule has 1 atom stereocenters. The van der Waals surface area contributed by atoms with E-state index in [9.17, 15) is 8.78 Å². The summed E-state index contributed by atoms with van der Waals surface area (Å²) in [5.41, 5.74) is 3.05. The van der Waals surface area contributed by atoms with Crippen LogP contribution in [0.3, 0.4) is 0 Å². The van der Waals surface area contributed by atoms with Gasteiger partial charge in [-0.3, -0.25) is 4.57 Å². The summed E-state index contributed by atoms with van der Waals surface area (Å²) in [4.78, 5) is 20.4. The molecule has 1 fully saturated rings. The predicted molar refractivity (Wildman–Crippen MR) is 156 cm³/mol. The van der Waals surface area contributed by atoms with Crippen LogP contribution in [0.15, 0.2) is 48.5 Å². The number of anilines is 1. The monoisotopic (exact) mass is 564 g/mol. The molecule has 41 heavy (non-hydrogen) atoms. The molecule has 2 aromatic carbocycles. The Balaban J connectivity index is 1.50. The molecule has 1 aliphatic heterocycles. The molecule has 0 radical (unpaired) electrons. The van der Waals surface area contributed by atoms with E-state index < -0.39 is 23.9 Å². The molecule has 2 N–H and O–H groups in total. The third-order valence-corrected chi connectivity index (χ3v) is 7.09. The van der Waals surface area contributed by atoms with Crippen LogP contribution in [0.1, 0.15) is 55.6 Å². The standard InChI is InChI=1S/C30H38F2N8O/c1-30(2,18-21-11-6-5-10-20(21)12-9-16-39(3)4)38-28-35-26(24-19-33-15-17-41-24)36-29(37-28)40-23-14-8-7-13-22(23)34-27(40)25(31)32/h5-8,10-11,13-14,24-25,33H,9,12,15-19H2,1-4H3,(H,35,36,37,38).